The molecule has 0 aliphatic heterocycles. The van der Waals surface area contributed by atoms with Gasteiger partial charge in [0.1, 0.15) is 16.5 Å². The van der Waals surface area contributed by atoms with E-state index in [2.05, 4.69) is 0 Å². The number of hydrogen-bond acceptors (Lipinski definition) is 3. The lowest BCUT2D eigenvalue weighted by Crippen LogP contribution is -1.98. The highest BCUT2D eigenvalue weighted by molar-refractivity contribution is 7.84. The summed E-state index contributed by atoms with van der Waals surface area (Å²) in [5.74, 6) is -2.66. The van der Waals surface area contributed by atoms with Crippen LogP contribution in [0.25, 0.3) is 0 Å². The van der Waals surface area contributed by atoms with E-state index in [9.17, 15) is 17.8 Å². The zero-order valence-corrected chi connectivity index (χ0v) is 11.1. The van der Waals surface area contributed by atoms with Crippen LogP contribution in [0.5, 0.6) is 0 Å². The Morgan fingerprint density at radius 3 is 2.58 bits per heavy atom. The fraction of sp³-hybridized carbons (Fsp3) is 0.0833. The molecular weight excluding hydrogens is 294 g/mol. The molecule has 0 bridgehead atoms. The molecule has 1 N–H and O–H groups in total. The number of benzene rings is 1. The lowest BCUT2D eigenvalue weighted by atomic mass is 10.3. The summed E-state index contributed by atoms with van der Waals surface area (Å²) in [6.07, 6.45) is 0. The number of halogens is 2. The Hall–Kier alpha value is -1.60. The molecule has 1 aromatic heterocycles. The van der Waals surface area contributed by atoms with Gasteiger partial charge in [-0.1, -0.05) is 0 Å². The van der Waals surface area contributed by atoms with Gasteiger partial charge in [0.25, 0.3) is 0 Å². The van der Waals surface area contributed by atoms with Crippen molar-refractivity contribution >= 4 is 28.1 Å². The number of aromatic carboxylic acids is 1. The van der Waals surface area contributed by atoms with Gasteiger partial charge in [0, 0.05) is 10.9 Å². The third kappa shape index (κ3) is 3.24. The highest BCUT2D eigenvalue weighted by atomic mass is 32.2. The number of carbonyl (C=O) groups is 1. The minimum atomic E-state index is -1.68. The molecule has 0 amide bonds. The van der Waals surface area contributed by atoms with Crippen molar-refractivity contribution in [1.29, 1.82) is 0 Å². The van der Waals surface area contributed by atoms with Crippen LogP contribution in [-0.4, -0.2) is 15.3 Å². The Morgan fingerprint density at radius 2 is 2.00 bits per heavy atom. The van der Waals surface area contributed by atoms with Gasteiger partial charge in [0.05, 0.1) is 21.4 Å². The molecule has 0 aliphatic carbocycles. The second-order valence-electron chi connectivity index (χ2n) is 3.64. The summed E-state index contributed by atoms with van der Waals surface area (Å²) >= 11 is 0.984. The maximum atomic E-state index is 13.4. The summed E-state index contributed by atoms with van der Waals surface area (Å²) in [5, 5.41) is 8.76. The van der Waals surface area contributed by atoms with Gasteiger partial charge in [0.2, 0.25) is 0 Å². The number of rotatable bonds is 4. The van der Waals surface area contributed by atoms with Crippen LogP contribution in [0, 0.1) is 11.6 Å². The Kier molecular flexibility index (Phi) is 4.06. The molecule has 0 aliphatic rings. The predicted octanol–water partition coefficient (Wildman–Crippen LogP) is 3.03. The van der Waals surface area contributed by atoms with Gasteiger partial charge in [-0.05, 0) is 24.3 Å². The van der Waals surface area contributed by atoms with Gasteiger partial charge >= 0.3 is 5.97 Å². The molecule has 1 unspecified atom stereocenters. The van der Waals surface area contributed by atoms with Crippen LogP contribution in [0.4, 0.5) is 8.78 Å². The van der Waals surface area contributed by atoms with E-state index in [-0.39, 0.29) is 15.5 Å². The van der Waals surface area contributed by atoms with E-state index in [4.69, 9.17) is 5.11 Å². The van der Waals surface area contributed by atoms with Gasteiger partial charge in [-0.15, -0.1) is 11.3 Å². The largest absolute Gasteiger partial charge is 0.477 e. The summed E-state index contributed by atoms with van der Waals surface area (Å²) in [5.41, 5.74) is 0. The lowest BCUT2D eigenvalue weighted by molar-refractivity contribution is 0.0702. The summed E-state index contributed by atoms with van der Waals surface area (Å²) in [7, 11) is -1.68. The van der Waals surface area contributed by atoms with Crippen molar-refractivity contribution in [3.05, 3.63) is 51.7 Å². The monoisotopic (exact) mass is 302 g/mol. The molecule has 0 spiro atoms. The Bertz CT molecular complexity index is 652. The first kappa shape index (κ1) is 13.8. The number of hydrogen-bond donors (Lipinski definition) is 1. The van der Waals surface area contributed by atoms with Gasteiger partial charge in [0.15, 0.2) is 0 Å². The molecule has 0 saturated heterocycles. The van der Waals surface area contributed by atoms with Crippen molar-refractivity contribution < 1.29 is 22.9 Å². The van der Waals surface area contributed by atoms with Crippen LogP contribution in [0.3, 0.4) is 0 Å². The van der Waals surface area contributed by atoms with Gasteiger partial charge in [-0.3, -0.25) is 4.21 Å². The normalized spacial score (nSPS) is 12.3. The third-order valence-electron chi connectivity index (χ3n) is 2.28. The molecule has 1 aromatic carbocycles. The Labute approximate surface area is 114 Å². The van der Waals surface area contributed by atoms with E-state index in [1.54, 1.807) is 0 Å². The SMILES string of the molecule is O=C(O)c1ccc(CS(=O)c2ccc(F)cc2F)s1. The van der Waals surface area contributed by atoms with Crippen molar-refractivity contribution in [2.75, 3.05) is 0 Å². The van der Waals surface area contributed by atoms with E-state index in [1.807, 2.05) is 0 Å². The average Bonchev–Trinajstić information content (AvgIpc) is 2.77. The maximum absolute atomic E-state index is 13.4. The molecule has 2 rings (SSSR count). The van der Waals surface area contributed by atoms with E-state index >= 15 is 0 Å². The molecule has 19 heavy (non-hydrogen) atoms. The standard InChI is InChI=1S/C12H8F2O3S2/c13-7-1-4-11(9(14)5-7)19(17)6-8-2-3-10(18-8)12(15)16/h1-5H,6H2,(H,15,16). The highest BCUT2D eigenvalue weighted by Crippen LogP contribution is 2.22. The number of carboxylic acid groups (broad SMARTS) is 1. The summed E-state index contributed by atoms with van der Waals surface area (Å²) < 4.78 is 38.1. The van der Waals surface area contributed by atoms with Gasteiger partial charge in [-0.25, -0.2) is 13.6 Å². The van der Waals surface area contributed by atoms with Gasteiger partial charge < -0.3 is 5.11 Å². The quantitative estimate of drug-likeness (QED) is 0.944. The van der Waals surface area contributed by atoms with Crippen LogP contribution in [0.1, 0.15) is 14.5 Å². The average molecular weight is 302 g/mol. The van der Waals surface area contributed by atoms with Crippen molar-refractivity contribution in [3.8, 4) is 0 Å². The molecule has 7 heteroatoms. The second kappa shape index (κ2) is 5.58. The third-order valence-corrected chi connectivity index (χ3v) is 4.94. The topological polar surface area (TPSA) is 54.4 Å². The maximum Gasteiger partial charge on any atom is 0.345 e. The molecule has 100 valence electrons. The first-order chi connectivity index (χ1) is 8.97. The Morgan fingerprint density at radius 1 is 1.26 bits per heavy atom. The number of thiophene rings is 1. The van der Waals surface area contributed by atoms with Crippen LogP contribution in [0.15, 0.2) is 35.2 Å². The van der Waals surface area contributed by atoms with Crippen molar-refractivity contribution in [2.24, 2.45) is 0 Å². The van der Waals surface area contributed by atoms with Crippen LogP contribution < -0.4 is 0 Å². The lowest BCUT2D eigenvalue weighted by Gasteiger charge is -2.02. The summed E-state index contributed by atoms with van der Waals surface area (Å²) in [6.45, 7) is 0. The molecule has 3 nitrogen and oxygen atoms in total. The second-order valence-corrected chi connectivity index (χ2v) is 6.22. The van der Waals surface area contributed by atoms with E-state index in [0.29, 0.717) is 10.9 Å². The van der Waals surface area contributed by atoms with Crippen LogP contribution in [-0.2, 0) is 16.6 Å². The van der Waals surface area contributed by atoms with Crippen molar-refractivity contribution in [2.45, 2.75) is 10.6 Å². The smallest absolute Gasteiger partial charge is 0.345 e. The van der Waals surface area contributed by atoms with E-state index in [0.717, 1.165) is 23.5 Å². The fourth-order valence-electron chi connectivity index (χ4n) is 1.44. The molecule has 1 atom stereocenters. The van der Waals surface area contributed by atoms with Crippen molar-refractivity contribution in [3.63, 3.8) is 0 Å². The van der Waals surface area contributed by atoms with E-state index in [1.165, 1.54) is 12.1 Å². The van der Waals surface area contributed by atoms with Crippen LogP contribution >= 0.6 is 11.3 Å². The first-order valence-corrected chi connectivity index (χ1v) is 7.26. The minimum absolute atomic E-state index is 0.000495. The molecule has 1 heterocycles. The molecule has 0 saturated carbocycles. The Balaban J connectivity index is 2.18. The van der Waals surface area contributed by atoms with Crippen LogP contribution in [0.2, 0.25) is 0 Å². The molecular formula is C12H8F2O3S2. The molecule has 0 fully saturated rings. The first-order valence-electron chi connectivity index (χ1n) is 5.13. The van der Waals surface area contributed by atoms with Gasteiger partial charge in [-0.2, -0.15) is 0 Å². The predicted molar refractivity (Wildman–Crippen MR) is 67.7 cm³/mol. The molecule has 0 radical (unpaired) electrons. The fourth-order valence-corrected chi connectivity index (χ4v) is 3.64. The van der Waals surface area contributed by atoms with E-state index < -0.39 is 28.4 Å². The number of carboxylic acids is 1. The minimum Gasteiger partial charge on any atom is -0.477 e. The summed E-state index contributed by atoms with van der Waals surface area (Å²) in [4.78, 5) is 11.3. The molecule has 2 aromatic rings. The highest BCUT2D eigenvalue weighted by Gasteiger charge is 2.14. The summed E-state index contributed by atoms with van der Waals surface area (Å²) in [6, 6.07) is 5.78. The van der Waals surface area contributed by atoms with Crippen molar-refractivity contribution in [1.82, 2.24) is 0 Å². The zero-order chi connectivity index (χ0) is 14.0. The zero-order valence-electron chi connectivity index (χ0n) is 9.43.